The van der Waals surface area contributed by atoms with Crippen LogP contribution >= 0.6 is 0 Å². The molecular formula is C18H36N6O4. The van der Waals surface area contributed by atoms with E-state index in [9.17, 15) is 19.5 Å². The average Bonchev–Trinajstić information content (AvgIpc) is 2.55. The molecule has 0 aliphatic heterocycles. The van der Waals surface area contributed by atoms with Gasteiger partial charge in [0, 0.05) is 6.54 Å². The molecule has 0 aromatic carbocycles. The Labute approximate surface area is 166 Å². The number of aliphatic hydroxyl groups excluding tert-OH is 1. The zero-order chi connectivity index (χ0) is 21.9. The van der Waals surface area contributed by atoms with Crippen LogP contribution in [0, 0.1) is 11.8 Å². The summed E-state index contributed by atoms with van der Waals surface area (Å²) in [6.07, 6.45) is 0.211. The van der Waals surface area contributed by atoms with Crippen LogP contribution in [0.1, 0.15) is 53.4 Å². The van der Waals surface area contributed by atoms with Crippen LogP contribution in [0.4, 0.5) is 0 Å². The molecule has 0 aromatic rings. The van der Waals surface area contributed by atoms with E-state index in [0.29, 0.717) is 19.4 Å². The Bertz CT molecular complexity index is 546. The summed E-state index contributed by atoms with van der Waals surface area (Å²) < 4.78 is 0. The first-order valence-corrected chi connectivity index (χ1v) is 9.56. The highest BCUT2D eigenvalue weighted by molar-refractivity contribution is 5.91. The number of carbonyl (C=O) groups is 3. The number of guanidine groups is 1. The summed E-state index contributed by atoms with van der Waals surface area (Å²) in [4.78, 5) is 40.3. The maximum Gasteiger partial charge on any atom is 0.243 e. The van der Waals surface area contributed by atoms with Crippen LogP contribution in [0.3, 0.4) is 0 Å². The molecule has 0 rings (SSSR count). The van der Waals surface area contributed by atoms with Gasteiger partial charge in [-0.15, -0.1) is 0 Å². The summed E-state index contributed by atoms with van der Waals surface area (Å²) >= 11 is 0. The van der Waals surface area contributed by atoms with Gasteiger partial charge in [-0.05, 0) is 31.1 Å². The molecule has 0 saturated carbocycles. The number of aliphatic imine (C=N–C) groups is 1. The second-order valence-electron chi connectivity index (χ2n) is 7.68. The number of primary amides is 1. The van der Waals surface area contributed by atoms with E-state index in [-0.39, 0.29) is 30.6 Å². The Morgan fingerprint density at radius 1 is 1.00 bits per heavy atom. The number of hydrogen-bond acceptors (Lipinski definition) is 5. The molecule has 0 radical (unpaired) electrons. The third kappa shape index (κ3) is 11.4. The quantitative estimate of drug-likeness (QED) is 0.130. The van der Waals surface area contributed by atoms with Gasteiger partial charge in [0.1, 0.15) is 12.1 Å². The van der Waals surface area contributed by atoms with Crippen molar-refractivity contribution < 1.29 is 19.5 Å². The fourth-order valence-electron chi connectivity index (χ4n) is 2.44. The third-order valence-electron chi connectivity index (χ3n) is 4.13. The number of nitrogens with zero attached hydrogens (tertiary/aromatic N) is 1. The van der Waals surface area contributed by atoms with E-state index in [1.165, 1.54) is 0 Å². The summed E-state index contributed by atoms with van der Waals surface area (Å²) in [6.45, 7) is 7.74. The van der Waals surface area contributed by atoms with Crippen molar-refractivity contribution in [1.29, 1.82) is 0 Å². The summed E-state index contributed by atoms with van der Waals surface area (Å²) in [5.74, 6) is -1.60. The van der Waals surface area contributed by atoms with Crippen molar-refractivity contribution in [3.05, 3.63) is 0 Å². The van der Waals surface area contributed by atoms with E-state index >= 15 is 0 Å². The molecule has 0 spiro atoms. The van der Waals surface area contributed by atoms with E-state index < -0.39 is 35.9 Å². The smallest absolute Gasteiger partial charge is 0.243 e. The van der Waals surface area contributed by atoms with Crippen LogP contribution in [0.5, 0.6) is 0 Å². The van der Waals surface area contributed by atoms with Crippen LogP contribution in [0.25, 0.3) is 0 Å². The van der Waals surface area contributed by atoms with Crippen molar-refractivity contribution in [3.8, 4) is 0 Å². The molecule has 3 atom stereocenters. The van der Waals surface area contributed by atoms with E-state index in [1.54, 1.807) is 13.8 Å². The number of carbonyl (C=O) groups excluding carboxylic acids is 3. The first-order valence-electron chi connectivity index (χ1n) is 9.56. The van der Waals surface area contributed by atoms with E-state index in [1.807, 2.05) is 13.8 Å². The highest BCUT2D eigenvalue weighted by Gasteiger charge is 2.27. The minimum atomic E-state index is -0.894. The molecule has 3 amide bonds. The second kappa shape index (κ2) is 12.9. The molecule has 0 heterocycles. The lowest BCUT2D eigenvalue weighted by Crippen LogP contribution is -2.53. The van der Waals surface area contributed by atoms with E-state index in [0.717, 1.165) is 0 Å². The van der Waals surface area contributed by atoms with Crippen LogP contribution in [0.2, 0.25) is 0 Å². The number of hydrogen-bond donors (Lipinski definition) is 6. The Morgan fingerprint density at radius 3 is 2.07 bits per heavy atom. The maximum absolute atomic E-state index is 12.6. The number of amides is 3. The molecule has 0 aliphatic carbocycles. The van der Waals surface area contributed by atoms with Crippen molar-refractivity contribution >= 4 is 23.7 Å². The SMILES string of the molecule is CC(C)C[C@H](NC(=O)CC(O)C(C)C)C(=O)NC(CCCN=C(N)N)C(N)=O. The molecular weight excluding hydrogens is 364 g/mol. The summed E-state index contributed by atoms with van der Waals surface area (Å²) in [5.41, 5.74) is 15.9. The normalized spacial score (nSPS) is 14.2. The zero-order valence-electron chi connectivity index (χ0n) is 17.3. The van der Waals surface area contributed by atoms with Crippen molar-refractivity contribution in [2.45, 2.75) is 71.6 Å². The molecule has 10 heteroatoms. The molecule has 0 saturated heterocycles. The Balaban J connectivity index is 4.93. The predicted molar refractivity (Wildman–Crippen MR) is 108 cm³/mol. The molecule has 162 valence electrons. The molecule has 10 nitrogen and oxygen atoms in total. The second-order valence-corrected chi connectivity index (χ2v) is 7.68. The Kier molecular flexibility index (Phi) is 11.8. The van der Waals surface area contributed by atoms with E-state index in [2.05, 4.69) is 15.6 Å². The summed E-state index contributed by atoms with van der Waals surface area (Å²) in [6, 6.07) is -1.72. The number of nitrogens with two attached hydrogens (primary N) is 3. The molecule has 0 aromatic heterocycles. The van der Waals surface area contributed by atoms with Crippen LogP contribution < -0.4 is 27.8 Å². The number of nitrogens with one attached hydrogen (secondary N) is 2. The minimum Gasteiger partial charge on any atom is -0.392 e. The highest BCUT2D eigenvalue weighted by atomic mass is 16.3. The lowest BCUT2D eigenvalue weighted by atomic mass is 10.0. The molecule has 2 unspecified atom stereocenters. The minimum absolute atomic E-state index is 0.0528. The fourth-order valence-corrected chi connectivity index (χ4v) is 2.44. The zero-order valence-corrected chi connectivity index (χ0v) is 17.3. The maximum atomic E-state index is 12.6. The van der Waals surface area contributed by atoms with Gasteiger partial charge in [0.2, 0.25) is 17.7 Å². The van der Waals surface area contributed by atoms with Gasteiger partial charge in [0.05, 0.1) is 12.5 Å². The number of rotatable bonds is 13. The molecule has 9 N–H and O–H groups in total. The van der Waals surface area contributed by atoms with Crippen molar-refractivity contribution in [2.24, 2.45) is 34.0 Å². The van der Waals surface area contributed by atoms with Gasteiger partial charge < -0.3 is 32.9 Å². The van der Waals surface area contributed by atoms with E-state index in [4.69, 9.17) is 17.2 Å². The van der Waals surface area contributed by atoms with Gasteiger partial charge in [-0.2, -0.15) is 0 Å². The van der Waals surface area contributed by atoms with Crippen LogP contribution in [-0.2, 0) is 14.4 Å². The van der Waals surface area contributed by atoms with Crippen LogP contribution in [0.15, 0.2) is 4.99 Å². The summed E-state index contributed by atoms with van der Waals surface area (Å²) in [7, 11) is 0. The standard InChI is InChI=1S/C18H36N6O4/c1-10(2)8-13(23-15(26)9-14(25)11(3)4)17(28)24-12(16(19)27)6-5-7-22-18(20)21/h10-14,25H,5-9H2,1-4H3,(H2,19,27)(H,23,26)(H,24,28)(H4,20,21,22)/t12?,13-,14?/m0/s1. The average molecular weight is 401 g/mol. The van der Waals surface area contributed by atoms with Crippen molar-refractivity contribution in [2.75, 3.05) is 6.54 Å². The highest BCUT2D eigenvalue weighted by Crippen LogP contribution is 2.09. The topological polar surface area (TPSA) is 186 Å². The van der Waals surface area contributed by atoms with Gasteiger partial charge >= 0.3 is 0 Å². The van der Waals surface area contributed by atoms with Crippen molar-refractivity contribution in [1.82, 2.24) is 10.6 Å². The van der Waals surface area contributed by atoms with Gasteiger partial charge in [-0.1, -0.05) is 27.7 Å². The Hall–Kier alpha value is -2.36. The van der Waals surface area contributed by atoms with Gasteiger partial charge in [0.25, 0.3) is 0 Å². The lowest BCUT2D eigenvalue weighted by molar-refractivity contribution is -0.132. The molecule has 0 aliphatic rings. The van der Waals surface area contributed by atoms with Crippen LogP contribution in [-0.4, -0.2) is 53.5 Å². The number of aliphatic hydroxyl groups is 1. The largest absolute Gasteiger partial charge is 0.392 e. The monoisotopic (exact) mass is 400 g/mol. The van der Waals surface area contributed by atoms with Gasteiger partial charge in [-0.25, -0.2) is 0 Å². The molecule has 0 fully saturated rings. The predicted octanol–water partition coefficient (Wildman–Crippen LogP) is -1.05. The summed E-state index contributed by atoms with van der Waals surface area (Å²) in [5, 5.41) is 15.1. The van der Waals surface area contributed by atoms with Crippen molar-refractivity contribution in [3.63, 3.8) is 0 Å². The lowest BCUT2D eigenvalue weighted by Gasteiger charge is -2.24. The molecule has 0 bridgehead atoms. The van der Waals surface area contributed by atoms with Gasteiger partial charge in [0.15, 0.2) is 5.96 Å². The third-order valence-corrected chi connectivity index (χ3v) is 4.13. The Morgan fingerprint density at radius 2 is 1.61 bits per heavy atom. The molecule has 28 heavy (non-hydrogen) atoms. The first-order chi connectivity index (χ1) is 12.9. The van der Waals surface area contributed by atoms with Gasteiger partial charge in [-0.3, -0.25) is 19.4 Å². The first kappa shape index (κ1) is 25.6. The fraction of sp³-hybridized carbons (Fsp3) is 0.778.